The van der Waals surface area contributed by atoms with E-state index in [-0.39, 0.29) is 21.7 Å². The van der Waals surface area contributed by atoms with Crippen molar-refractivity contribution in [3.8, 4) is 0 Å². The molecule has 6 heteroatoms. The zero-order valence-electron chi connectivity index (χ0n) is 17.5. The van der Waals surface area contributed by atoms with Crippen LogP contribution in [0.3, 0.4) is 0 Å². The van der Waals surface area contributed by atoms with Gasteiger partial charge in [0.15, 0.2) is 0 Å². The summed E-state index contributed by atoms with van der Waals surface area (Å²) in [6.45, 7) is 24.1. The Bertz CT molecular complexity index is 277. The summed E-state index contributed by atoms with van der Waals surface area (Å²) in [5.74, 6) is 0. The predicted octanol–water partition coefficient (Wildman–Crippen LogP) is 5.16. The summed E-state index contributed by atoms with van der Waals surface area (Å²) in [5.41, 5.74) is 3.30. The molecule has 1 heterocycles. The Morgan fingerprint density at radius 1 is 0.667 bits per heavy atom. The van der Waals surface area contributed by atoms with E-state index < -0.39 is 0 Å². The first-order valence-electron chi connectivity index (χ1n) is 8.79. The number of hydrogen-bond donors (Lipinski definition) is 0. The van der Waals surface area contributed by atoms with Crippen LogP contribution in [0.5, 0.6) is 0 Å². The fourth-order valence-corrected chi connectivity index (χ4v) is 1.23. The SMILES string of the molecule is CC[N-]CC.CC[N-]CC.CC[N-]CC.Cc1n[n-]c(C)c1C.[Ti+4]. The van der Waals surface area contributed by atoms with Gasteiger partial charge in [-0.05, 0) is 19.4 Å². The van der Waals surface area contributed by atoms with Crippen LogP contribution < -0.4 is 5.10 Å². The Kier molecular flexibility index (Phi) is 36.4. The van der Waals surface area contributed by atoms with Gasteiger partial charge in [-0.1, -0.05) is 48.5 Å². The average Bonchev–Trinajstić information content (AvgIpc) is 2.83. The molecule has 0 aliphatic carbocycles. The van der Waals surface area contributed by atoms with E-state index in [2.05, 4.69) is 26.1 Å². The van der Waals surface area contributed by atoms with Crippen LogP contribution in [0.4, 0.5) is 0 Å². The van der Waals surface area contributed by atoms with Crippen molar-refractivity contribution in [2.75, 3.05) is 39.3 Å². The maximum atomic E-state index is 3.97. The molecule has 0 bridgehead atoms. The van der Waals surface area contributed by atoms with Gasteiger partial charge in [-0.2, -0.15) is 39.3 Å². The average molecular weight is 373 g/mol. The molecular weight excluding hydrogens is 334 g/mol. The van der Waals surface area contributed by atoms with Crippen LogP contribution in [-0.2, 0) is 21.7 Å². The molecule has 0 aromatic carbocycles. The zero-order valence-corrected chi connectivity index (χ0v) is 19.0. The first kappa shape index (κ1) is 31.6. The third kappa shape index (κ3) is 26.7. The number of hydrogen-bond acceptors (Lipinski definition) is 1. The van der Waals surface area contributed by atoms with E-state index >= 15 is 0 Å². The van der Waals surface area contributed by atoms with Crippen LogP contribution in [-0.4, -0.2) is 44.4 Å². The molecule has 1 aromatic heterocycles. The molecule has 0 amide bonds. The third-order valence-corrected chi connectivity index (χ3v) is 2.78. The number of rotatable bonds is 6. The van der Waals surface area contributed by atoms with Crippen molar-refractivity contribution < 1.29 is 21.7 Å². The monoisotopic (exact) mass is 373 g/mol. The van der Waals surface area contributed by atoms with Gasteiger partial charge in [-0.3, -0.25) is 0 Å². The van der Waals surface area contributed by atoms with Crippen LogP contribution in [0.2, 0.25) is 0 Å². The molecule has 24 heavy (non-hydrogen) atoms. The molecule has 0 aliphatic heterocycles. The molecule has 0 aliphatic rings. The first-order valence-corrected chi connectivity index (χ1v) is 8.79. The van der Waals surface area contributed by atoms with E-state index in [1.165, 1.54) is 5.56 Å². The molecule has 0 radical (unpaired) electrons. The van der Waals surface area contributed by atoms with Crippen LogP contribution in [0.25, 0.3) is 16.0 Å². The molecule has 0 spiro atoms. The van der Waals surface area contributed by atoms with E-state index in [4.69, 9.17) is 0 Å². The van der Waals surface area contributed by atoms with Crippen LogP contribution in [0.1, 0.15) is 58.5 Å². The molecule has 5 nitrogen and oxygen atoms in total. The van der Waals surface area contributed by atoms with Gasteiger partial charge in [0.05, 0.1) is 0 Å². The third-order valence-electron chi connectivity index (χ3n) is 2.78. The van der Waals surface area contributed by atoms with Crippen molar-refractivity contribution in [1.29, 1.82) is 0 Å². The van der Waals surface area contributed by atoms with Crippen molar-refractivity contribution >= 4 is 0 Å². The van der Waals surface area contributed by atoms with Crippen molar-refractivity contribution in [1.82, 2.24) is 10.2 Å². The van der Waals surface area contributed by atoms with E-state index in [0.29, 0.717) is 0 Å². The van der Waals surface area contributed by atoms with Crippen molar-refractivity contribution in [2.45, 2.75) is 62.3 Å². The maximum Gasteiger partial charge on any atom is 4.00 e. The minimum atomic E-state index is 0. The number of aryl methyl sites for hydroxylation is 2. The van der Waals surface area contributed by atoms with Gasteiger partial charge >= 0.3 is 21.7 Å². The van der Waals surface area contributed by atoms with Crippen molar-refractivity contribution in [3.05, 3.63) is 32.9 Å². The van der Waals surface area contributed by atoms with Crippen LogP contribution in [0.15, 0.2) is 0 Å². The number of nitrogens with zero attached hydrogens (tertiary/aromatic N) is 5. The Hall–Kier alpha value is -0.196. The summed E-state index contributed by atoms with van der Waals surface area (Å²) >= 11 is 0. The Morgan fingerprint density at radius 3 is 1.00 bits per heavy atom. The van der Waals surface area contributed by atoms with E-state index in [0.717, 1.165) is 50.7 Å². The van der Waals surface area contributed by atoms with Gasteiger partial charge in [-0.15, -0.1) is 5.69 Å². The summed E-state index contributed by atoms with van der Waals surface area (Å²) < 4.78 is 0. The Labute approximate surface area is 166 Å². The summed E-state index contributed by atoms with van der Waals surface area (Å²) in [6, 6.07) is 0. The van der Waals surface area contributed by atoms with Gasteiger partial charge in [0.1, 0.15) is 0 Å². The van der Waals surface area contributed by atoms with Crippen molar-refractivity contribution in [3.63, 3.8) is 0 Å². The Balaban J connectivity index is -0.000000113. The minimum absolute atomic E-state index is 0. The predicted molar refractivity (Wildman–Crippen MR) is 105 cm³/mol. The molecular formula is C18H39N5Ti. The molecule has 1 aromatic rings. The standard InChI is InChI=1S/C6H9N2.3C4H10N.Ti/c1-4-5(2)7-8-6(4)3;3*1-3-5-4-2;/h1-3H3;3*3-4H2,1-2H3;/q4*-1;+4. The maximum absolute atomic E-state index is 3.97. The van der Waals surface area contributed by atoms with Crippen LogP contribution in [0, 0.1) is 20.8 Å². The topological polar surface area (TPSA) is 69.3 Å². The largest absolute Gasteiger partial charge is 4.00 e. The molecule has 0 fully saturated rings. The quantitative estimate of drug-likeness (QED) is 0.646. The normalized spacial score (nSPS) is 8.54. The van der Waals surface area contributed by atoms with Gasteiger partial charge in [-0.25, -0.2) is 0 Å². The van der Waals surface area contributed by atoms with Gasteiger partial charge in [0.2, 0.25) is 0 Å². The summed E-state index contributed by atoms with van der Waals surface area (Å²) in [7, 11) is 0. The van der Waals surface area contributed by atoms with E-state index in [9.17, 15) is 0 Å². The van der Waals surface area contributed by atoms with Gasteiger partial charge in [0, 0.05) is 5.69 Å². The smallest absolute Gasteiger partial charge is 0.663 e. The molecule has 0 atom stereocenters. The van der Waals surface area contributed by atoms with Crippen LogP contribution >= 0.6 is 0 Å². The fraction of sp³-hybridized carbons (Fsp3) is 0.833. The Morgan fingerprint density at radius 2 is 0.958 bits per heavy atom. The second-order valence-corrected chi connectivity index (χ2v) is 4.56. The molecule has 0 saturated carbocycles. The molecule has 1 rings (SSSR count). The molecule has 0 N–H and O–H groups in total. The first-order chi connectivity index (χ1) is 11.0. The second-order valence-electron chi connectivity index (χ2n) is 4.56. The molecule has 0 unspecified atom stereocenters. The van der Waals surface area contributed by atoms with Crippen molar-refractivity contribution in [2.24, 2.45) is 0 Å². The second kappa shape index (κ2) is 27.6. The minimum Gasteiger partial charge on any atom is -0.663 e. The number of aromatic nitrogens is 2. The summed E-state index contributed by atoms with van der Waals surface area (Å²) in [6.07, 6.45) is 0. The summed E-state index contributed by atoms with van der Waals surface area (Å²) in [4.78, 5) is 0. The summed E-state index contributed by atoms with van der Waals surface area (Å²) in [5, 5.41) is 19.6. The molecule has 0 saturated heterocycles. The fourth-order valence-electron chi connectivity index (χ4n) is 1.23. The van der Waals surface area contributed by atoms with E-state index in [1.54, 1.807) is 0 Å². The van der Waals surface area contributed by atoms with Gasteiger partial charge < -0.3 is 26.1 Å². The molecule has 140 valence electrons. The van der Waals surface area contributed by atoms with E-state index in [1.807, 2.05) is 62.3 Å². The van der Waals surface area contributed by atoms with Gasteiger partial charge in [0.25, 0.3) is 0 Å². The zero-order chi connectivity index (χ0) is 18.5.